The van der Waals surface area contributed by atoms with Crippen molar-refractivity contribution in [1.29, 1.82) is 0 Å². The summed E-state index contributed by atoms with van der Waals surface area (Å²) in [6, 6.07) is 7.97. The highest BCUT2D eigenvalue weighted by Gasteiger charge is 2.54. The number of alkyl halides is 3. The van der Waals surface area contributed by atoms with Gasteiger partial charge in [0.05, 0.1) is 7.11 Å². The number of hydrogen-bond acceptors (Lipinski definition) is 2. The summed E-state index contributed by atoms with van der Waals surface area (Å²) in [7, 11) is 1.38. The van der Waals surface area contributed by atoms with Gasteiger partial charge in [-0.15, -0.1) is 0 Å². The molecule has 0 fully saturated rings. The molecule has 2 aromatic carbocycles. The van der Waals surface area contributed by atoms with E-state index in [1.807, 2.05) is 0 Å². The number of benzene rings is 2. The molecule has 28 heavy (non-hydrogen) atoms. The van der Waals surface area contributed by atoms with Gasteiger partial charge in [-0.3, -0.25) is 0 Å². The van der Waals surface area contributed by atoms with Crippen molar-refractivity contribution < 1.29 is 22.3 Å². The summed E-state index contributed by atoms with van der Waals surface area (Å²) >= 11 is 11.8. The Balaban J connectivity index is 2.47. The van der Waals surface area contributed by atoms with Crippen LogP contribution in [0, 0.1) is 5.82 Å². The average Bonchev–Trinajstić information content (AvgIpc) is 2.52. The summed E-state index contributed by atoms with van der Waals surface area (Å²) in [5.41, 5.74) is 2.75. The molecule has 0 amide bonds. The summed E-state index contributed by atoms with van der Waals surface area (Å²) < 4.78 is 61.0. The zero-order valence-electron chi connectivity index (χ0n) is 15.6. The third-order valence-corrected chi connectivity index (χ3v) is 5.09. The second-order valence-corrected chi connectivity index (χ2v) is 8.39. The molecule has 0 saturated carbocycles. The van der Waals surface area contributed by atoms with Crippen molar-refractivity contribution in [3.05, 3.63) is 63.4 Å². The van der Waals surface area contributed by atoms with E-state index >= 15 is 0 Å². The molecule has 0 spiro atoms. The van der Waals surface area contributed by atoms with Crippen LogP contribution in [0.5, 0.6) is 5.75 Å². The normalized spacial score (nSPS) is 14.6. The monoisotopic (exact) mass is 437 g/mol. The lowest BCUT2D eigenvalue weighted by atomic mass is 9.71. The Labute approximate surface area is 171 Å². The largest absolute Gasteiger partial charge is 0.496 e. The van der Waals surface area contributed by atoms with Gasteiger partial charge in [-0.1, -0.05) is 37.0 Å². The Kier molecular flexibility index (Phi) is 6.58. The van der Waals surface area contributed by atoms with Crippen molar-refractivity contribution in [3.8, 4) is 5.75 Å². The van der Waals surface area contributed by atoms with Crippen LogP contribution in [0.1, 0.15) is 31.4 Å². The van der Waals surface area contributed by atoms with Gasteiger partial charge in [-0.05, 0) is 60.2 Å². The van der Waals surface area contributed by atoms with Crippen LogP contribution >= 0.6 is 23.2 Å². The van der Waals surface area contributed by atoms with Crippen LogP contribution in [0.2, 0.25) is 10.0 Å². The van der Waals surface area contributed by atoms with Gasteiger partial charge in [0.25, 0.3) is 0 Å². The van der Waals surface area contributed by atoms with E-state index < -0.39 is 35.8 Å². The fourth-order valence-electron chi connectivity index (χ4n) is 3.43. The first-order valence-electron chi connectivity index (χ1n) is 8.42. The fraction of sp³-hybridized carbons (Fsp3) is 0.400. The van der Waals surface area contributed by atoms with Gasteiger partial charge in [-0.2, -0.15) is 13.2 Å². The molecule has 154 valence electrons. The molecule has 1 atom stereocenters. The molecular weight excluding hydrogens is 417 g/mol. The van der Waals surface area contributed by atoms with Crippen molar-refractivity contribution in [3.63, 3.8) is 0 Å². The topological polar surface area (TPSA) is 35.2 Å². The lowest BCUT2D eigenvalue weighted by molar-refractivity contribution is -0.191. The molecule has 0 aliphatic carbocycles. The van der Waals surface area contributed by atoms with Gasteiger partial charge in [0.2, 0.25) is 0 Å². The van der Waals surface area contributed by atoms with E-state index in [-0.39, 0.29) is 15.6 Å². The molecule has 0 saturated heterocycles. The number of hydrogen-bond donors (Lipinski definition) is 1. The van der Waals surface area contributed by atoms with E-state index in [4.69, 9.17) is 33.7 Å². The summed E-state index contributed by atoms with van der Waals surface area (Å²) in [5, 5.41) is 0.441. The number of nitrogens with two attached hydrogens (primary N) is 1. The molecule has 2 aromatic rings. The maximum absolute atomic E-state index is 14.0. The van der Waals surface area contributed by atoms with Crippen LogP contribution in [0.25, 0.3) is 0 Å². The van der Waals surface area contributed by atoms with Crippen LogP contribution in [-0.2, 0) is 11.8 Å². The Bertz CT molecular complexity index is 834. The van der Waals surface area contributed by atoms with Crippen LogP contribution < -0.4 is 10.5 Å². The molecule has 0 aliphatic heterocycles. The molecule has 0 bridgehead atoms. The molecule has 2 rings (SSSR count). The first kappa shape index (κ1) is 22.8. The maximum atomic E-state index is 14.0. The minimum absolute atomic E-state index is 0.220. The molecule has 1 unspecified atom stereocenters. The SMILES string of the molecule is COc1ccc(F)cc1C(C)(C)CC(N)(Cc1cc(Cl)cc(Cl)c1)C(F)(F)F. The quantitative estimate of drug-likeness (QED) is 0.537. The summed E-state index contributed by atoms with van der Waals surface area (Å²) in [5.74, 6) is -0.276. The van der Waals surface area contributed by atoms with Gasteiger partial charge in [0.1, 0.15) is 17.1 Å². The zero-order chi connectivity index (χ0) is 21.3. The Hall–Kier alpha value is -1.50. The van der Waals surface area contributed by atoms with Crippen LogP contribution in [-0.4, -0.2) is 18.8 Å². The highest BCUT2D eigenvalue weighted by Crippen LogP contribution is 2.44. The van der Waals surface area contributed by atoms with E-state index in [1.54, 1.807) is 13.8 Å². The second kappa shape index (κ2) is 8.09. The highest BCUT2D eigenvalue weighted by molar-refractivity contribution is 6.34. The van der Waals surface area contributed by atoms with Crippen molar-refractivity contribution in [2.75, 3.05) is 7.11 Å². The van der Waals surface area contributed by atoms with Gasteiger partial charge in [-0.25, -0.2) is 4.39 Å². The number of rotatable bonds is 6. The minimum Gasteiger partial charge on any atom is -0.496 e. The molecule has 8 heteroatoms. The predicted molar refractivity (Wildman–Crippen MR) is 104 cm³/mol. The number of halogens is 6. The van der Waals surface area contributed by atoms with Gasteiger partial charge in [0.15, 0.2) is 0 Å². The smallest absolute Gasteiger partial charge is 0.406 e. The van der Waals surface area contributed by atoms with Gasteiger partial charge >= 0.3 is 6.18 Å². The summed E-state index contributed by atoms with van der Waals surface area (Å²) in [6.45, 7) is 3.14. The van der Waals surface area contributed by atoms with Gasteiger partial charge < -0.3 is 10.5 Å². The van der Waals surface area contributed by atoms with Crippen molar-refractivity contribution in [2.24, 2.45) is 5.73 Å². The highest BCUT2D eigenvalue weighted by atomic mass is 35.5. The molecule has 2 N–H and O–H groups in total. The van der Waals surface area contributed by atoms with E-state index in [1.165, 1.54) is 43.5 Å². The third kappa shape index (κ3) is 5.10. The van der Waals surface area contributed by atoms with Crippen molar-refractivity contribution in [1.82, 2.24) is 0 Å². The van der Waals surface area contributed by atoms with Gasteiger partial charge in [0, 0.05) is 15.6 Å². The zero-order valence-corrected chi connectivity index (χ0v) is 17.1. The standard InChI is InChI=1S/C20H21Cl2F4NO/c1-18(2,16-9-15(23)4-5-17(16)28-3)11-19(27,20(24,25)26)10-12-6-13(21)8-14(22)7-12/h4-9H,10-11,27H2,1-3H3. The second-order valence-electron chi connectivity index (χ2n) is 7.51. The lowest BCUT2D eigenvalue weighted by Crippen LogP contribution is -2.58. The van der Waals surface area contributed by atoms with Crippen LogP contribution in [0.3, 0.4) is 0 Å². The van der Waals surface area contributed by atoms with E-state index in [2.05, 4.69) is 0 Å². The van der Waals surface area contributed by atoms with E-state index in [0.717, 1.165) is 0 Å². The van der Waals surface area contributed by atoms with Crippen LogP contribution in [0.15, 0.2) is 36.4 Å². The van der Waals surface area contributed by atoms with Crippen molar-refractivity contribution >= 4 is 23.2 Å². The molecule has 0 heterocycles. The average molecular weight is 438 g/mol. The fourth-order valence-corrected chi connectivity index (χ4v) is 4.00. The molecular formula is C20H21Cl2F4NO. The Morgan fingerprint density at radius 1 is 1.00 bits per heavy atom. The molecule has 0 aliphatic rings. The first-order valence-corrected chi connectivity index (χ1v) is 9.18. The number of methoxy groups -OCH3 is 1. The third-order valence-electron chi connectivity index (χ3n) is 4.65. The number of ether oxygens (including phenoxy) is 1. The Morgan fingerprint density at radius 2 is 1.57 bits per heavy atom. The Morgan fingerprint density at radius 3 is 2.07 bits per heavy atom. The van der Waals surface area contributed by atoms with E-state index in [0.29, 0.717) is 11.3 Å². The predicted octanol–water partition coefficient (Wildman–Crippen LogP) is 6.31. The first-order chi connectivity index (χ1) is 12.8. The molecule has 0 aromatic heterocycles. The lowest BCUT2D eigenvalue weighted by Gasteiger charge is -2.39. The summed E-state index contributed by atoms with van der Waals surface area (Å²) in [4.78, 5) is 0. The van der Waals surface area contributed by atoms with Crippen LogP contribution in [0.4, 0.5) is 17.6 Å². The summed E-state index contributed by atoms with van der Waals surface area (Å²) in [6.07, 6.45) is -5.76. The molecule has 2 nitrogen and oxygen atoms in total. The molecule has 0 radical (unpaired) electrons. The minimum atomic E-state index is -4.72. The van der Waals surface area contributed by atoms with E-state index in [9.17, 15) is 17.6 Å². The van der Waals surface area contributed by atoms with Crippen molar-refractivity contribution in [2.45, 2.75) is 43.8 Å². The maximum Gasteiger partial charge on any atom is 0.406 e.